The Hall–Kier alpha value is -4.01. The van der Waals surface area contributed by atoms with Crippen LogP contribution in [0.3, 0.4) is 0 Å². The maximum absolute atomic E-state index is 12.7. The minimum Gasteiger partial charge on any atom is -0.490 e. The third-order valence-corrected chi connectivity index (χ3v) is 6.08. The lowest BCUT2D eigenvalue weighted by Crippen LogP contribution is -2.31. The zero-order chi connectivity index (χ0) is 23.7. The van der Waals surface area contributed by atoms with Crippen LogP contribution in [0.15, 0.2) is 53.6 Å². The number of fused-ring (bicyclic) bond motifs is 1. The van der Waals surface area contributed by atoms with Crippen LogP contribution in [0.5, 0.6) is 17.4 Å². The molecule has 1 atom stereocenters. The molecule has 176 valence electrons. The van der Waals surface area contributed by atoms with Crippen LogP contribution in [0.2, 0.25) is 0 Å². The fourth-order valence-electron chi connectivity index (χ4n) is 4.38. The Bertz CT molecular complexity index is 1250. The summed E-state index contributed by atoms with van der Waals surface area (Å²) in [7, 11) is 1.61. The minimum absolute atomic E-state index is 0.116. The van der Waals surface area contributed by atoms with E-state index in [0.29, 0.717) is 37.7 Å². The number of hydrogen-bond acceptors (Lipinski definition) is 7. The number of nitrogens with one attached hydrogen (secondary N) is 1. The van der Waals surface area contributed by atoms with Gasteiger partial charge < -0.3 is 29.0 Å². The number of hydrogen-bond donors (Lipinski definition) is 1. The van der Waals surface area contributed by atoms with Crippen molar-refractivity contribution < 1.29 is 19.0 Å². The number of anilines is 2. The van der Waals surface area contributed by atoms with E-state index < -0.39 is 0 Å². The number of pyridine rings is 2. The second-order valence-electron chi connectivity index (χ2n) is 8.37. The summed E-state index contributed by atoms with van der Waals surface area (Å²) in [6.07, 6.45) is 3.86. The zero-order valence-electron chi connectivity index (χ0n) is 19.1. The first kappa shape index (κ1) is 21.8. The number of rotatable bonds is 5. The standard InChI is InChI=1S/C25H26N4O5/c1-16-11-18(14-27-24(16)32-2)29-9-10-33-22-5-4-19(12-21(22)29)34-20-7-8-28(15-20)25(31)17-3-6-23(30)26-13-17/h3-6,11-14,20H,7-10,15H2,1-2H3,(H,26,30). The summed E-state index contributed by atoms with van der Waals surface area (Å²) in [6.45, 7) is 4.31. The van der Waals surface area contributed by atoms with Gasteiger partial charge in [-0.1, -0.05) is 0 Å². The average molecular weight is 463 g/mol. The Kier molecular flexibility index (Phi) is 5.83. The molecule has 0 spiro atoms. The van der Waals surface area contributed by atoms with Crippen LogP contribution < -0.4 is 24.7 Å². The normalized spacial score (nSPS) is 17.2. The van der Waals surface area contributed by atoms with Crippen molar-refractivity contribution in [2.24, 2.45) is 0 Å². The van der Waals surface area contributed by atoms with Crippen LogP contribution in [0, 0.1) is 6.92 Å². The number of aromatic amines is 1. The zero-order valence-corrected chi connectivity index (χ0v) is 19.1. The Balaban J connectivity index is 1.31. The van der Waals surface area contributed by atoms with Gasteiger partial charge >= 0.3 is 0 Å². The molecule has 0 saturated carbocycles. The second kappa shape index (κ2) is 9.09. The van der Waals surface area contributed by atoms with Gasteiger partial charge in [0.2, 0.25) is 11.4 Å². The fourth-order valence-corrected chi connectivity index (χ4v) is 4.38. The maximum atomic E-state index is 12.7. The monoisotopic (exact) mass is 462 g/mol. The van der Waals surface area contributed by atoms with Gasteiger partial charge in [0, 0.05) is 36.9 Å². The molecule has 2 aliphatic rings. The lowest BCUT2D eigenvalue weighted by atomic mass is 10.2. The van der Waals surface area contributed by atoms with Gasteiger partial charge in [-0.2, -0.15) is 0 Å². The van der Waals surface area contributed by atoms with E-state index in [1.807, 2.05) is 31.2 Å². The number of aromatic nitrogens is 2. The summed E-state index contributed by atoms with van der Waals surface area (Å²) >= 11 is 0. The van der Waals surface area contributed by atoms with Crippen molar-refractivity contribution in [3.63, 3.8) is 0 Å². The molecule has 9 heteroatoms. The molecular weight excluding hydrogens is 436 g/mol. The second-order valence-corrected chi connectivity index (χ2v) is 8.37. The van der Waals surface area contributed by atoms with Gasteiger partial charge in [-0.3, -0.25) is 9.59 Å². The van der Waals surface area contributed by atoms with E-state index in [4.69, 9.17) is 14.2 Å². The van der Waals surface area contributed by atoms with Crippen LogP contribution in [-0.4, -0.2) is 60.2 Å². The number of aryl methyl sites for hydroxylation is 1. The molecule has 2 aromatic heterocycles. The van der Waals surface area contributed by atoms with Gasteiger partial charge in [0.25, 0.3) is 5.91 Å². The van der Waals surface area contributed by atoms with Crippen molar-refractivity contribution in [2.75, 3.05) is 38.3 Å². The highest BCUT2D eigenvalue weighted by molar-refractivity contribution is 5.94. The molecule has 0 bridgehead atoms. The first-order chi connectivity index (χ1) is 16.5. The molecule has 1 amide bonds. The largest absolute Gasteiger partial charge is 0.490 e. The first-order valence-corrected chi connectivity index (χ1v) is 11.2. The van der Waals surface area contributed by atoms with E-state index in [0.717, 1.165) is 34.9 Å². The van der Waals surface area contributed by atoms with Crippen molar-refractivity contribution in [3.05, 3.63) is 70.3 Å². The van der Waals surface area contributed by atoms with Gasteiger partial charge in [0.05, 0.1) is 43.3 Å². The minimum atomic E-state index is -0.231. The highest BCUT2D eigenvalue weighted by Gasteiger charge is 2.29. The highest BCUT2D eigenvalue weighted by Crippen LogP contribution is 2.40. The van der Waals surface area contributed by atoms with Gasteiger partial charge in [0.15, 0.2) is 0 Å². The summed E-state index contributed by atoms with van der Waals surface area (Å²) in [4.78, 5) is 34.9. The van der Waals surface area contributed by atoms with Gasteiger partial charge in [0.1, 0.15) is 24.2 Å². The van der Waals surface area contributed by atoms with Crippen LogP contribution in [0.25, 0.3) is 0 Å². The molecule has 1 aromatic carbocycles. The molecule has 3 aromatic rings. The summed E-state index contributed by atoms with van der Waals surface area (Å²) in [6, 6.07) is 10.7. The number of likely N-dealkylation sites (tertiary alicyclic amines) is 1. The van der Waals surface area contributed by atoms with Crippen molar-refractivity contribution >= 4 is 17.3 Å². The Labute approximate surface area is 196 Å². The van der Waals surface area contributed by atoms with Crippen LogP contribution in [0.1, 0.15) is 22.3 Å². The van der Waals surface area contributed by atoms with E-state index in [2.05, 4.69) is 14.9 Å². The fraction of sp³-hybridized carbons (Fsp3) is 0.320. The number of benzene rings is 1. The number of nitrogens with zero attached hydrogens (tertiary/aromatic N) is 3. The molecule has 1 N–H and O–H groups in total. The SMILES string of the molecule is COc1ncc(N2CCOc3ccc(OC4CCN(C(=O)c5ccc(=O)[nH]c5)C4)cc32)cc1C. The van der Waals surface area contributed by atoms with E-state index in [-0.39, 0.29) is 17.6 Å². The summed E-state index contributed by atoms with van der Waals surface area (Å²) in [5, 5.41) is 0. The Morgan fingerprint density at radius 3 is 2.85 bits per heavy atom. The third kappa shape index (κ3) is 4.28. The van der Waals surface area contributed by atoms with Crippen molar-refractivity contribution in [1.82, 2.24) is 14.9 Å². The average Bonchev–Trinajstić information content (AvgIpc) is 3.32. The van der Waals surface area contributed by atoms with Crippen LogP contribution in [-0.2, 0) is 0 Å². The molecule has 1 fully saturated rings. The molecule has 34 heavy (non-hydrogen) atoms. The molecule has 0 radical (unpaired) electrons. The van der Waals surface area contributed by atoms with Crippen molar-refractivity contribution in [1.29, 1.82) is 0 Å². The molecular formula is C25H26N4O5. The summed E-state index contributed by atoms with van der Waals surface area (Å²) < 4.78 is 17.4. The van der Waals surface area contributed by atoms with Crippen LogP contribution in [0.4, 0.5) is 11.4 Å². The van der Waals surface area contributed by atoms with Gasteiger partial charge in [-0.15, -0.1) is 0 Å². The lowest BCUT2D eigenvalue weighted by molar-refractivity contribution is 0.0772. The number of carbonyl (C=O) groups excluding carboxylic acids is 1. The predicted molar refractivity (Wildman–Crippen MR) is 126 cm³/mol. The quantitative estimate of drug-likeness (QED) is 0.623. The van der Waals surface area contributed by atoms with E-state index in [9.17, 15) is 9.59 Å². The summed E-state index contributed by atoms with van der Waals surface area (Å²) in [5.41, 5.74) is 3.06. The van der Waals surface area contributed by atoms with E-state index in [1.165, 1.54) is 12.3 Å². The molecule has 5 rings (SSSR count). The molecule has 9 nitrogen and oxygen atoms in total. The maximum Gasteiger partial charge on any atom is 0.255 e. The molecule has 0 aliphatic carbocycles. The number of methoxy groups -OCH3 is 1. The molecule has 2 aliphatic heterocycles. The van der Waals surface area contributed by atoms with Gasteiger partial charge in [-0.25, -0.2) is 4.98 Å². The predicted octanol–water partition coefficient (Wildman–Crippen LogP) is 2.91. The smallest absolute Gasteiger partial charge is 0.255 e. The number of H-pyrrole nitrogens is 1. The Morgan fingerprint density at radius 1 is 1.21 bits per heavy atom. The van der Waals surface area contributed by atoms with E-state index >= 15 is 0 Å². The highest BCUT2D eigenvalue weighted by atomic mass is 16.5. The topological polar surface area (TPSA) is 97.0 Å². The Morgan fingerprint density at radius 2 is 2.09 bits per heavy atom. The summed E-state index contributed by atoms with van der Waals surface area (Å²) in [5.74, 6) is 2.00. The third-order valence-electron chi connectivity index (χ3n) is 6.08. The number of amides is 1. The number of ether oxygens (including phenoxy) is 3. The molecule has 1 unspecified atom stereocenters. The molecule has 1 saturated heterocycles. The lowest BCUT2D eigenvalue weighted by Gasteiger charge is -2.32. The van der Waals surface area contributed by atoms with Gasteiger partial charge in [-0.05, 0) is 31.2 Å². The first-order valence-electron chi connectivity index (χ1n) is 11.2. The number of carbonyl (C=O) groups is 1. The van der Waals surface area contributed by atoms with Crippen LogP contribution >= 0.6 is 0 Å². The molecule has 4 heterocycles. The van der Waals surface area contributed by atoms with Crippen molar-refractivity contribution in [3.8, 4) is 17.4 Å². The van der Waals surface area contributed by atoms with Crippen molar-refractivity contribution in [2.45, 2.75) is 19.4 Å². The van der Waals surface area contributed by atoms with E-state index in [1.54, 1.807) is 24.3 Å².